The number of aryl methyl sites for hydroxylation is 4. The van der Waals surface area contributed by atoms with Crippen LogP contribution in [-0.2, 0) is 17.6 Å². The summed E-state index contributed by atoms with van der Waals surface area (Å²) in [6.45, 7) is 8.79. The molecule has 208 valence electrons. The molecule has 0 radical (unpaired) electrons. The maximum absolute atomic E-state index is 13.8. The molecular formula is C25H31N7O4S3. The number of fused-ring (bicyclic) bond motifs is 3. The third-order valence-corrected chi connectivity index (χ3v) is 10.9. The summed E-state index contributed by atoms with van der Waals surface area (Å²) in [4.78, 5) is 31.6. The number of thiazole rings is 1. The van der Waals surface area contributed by atoms with E-state index >= 15 is 0 Å². The van der Waals surface area contributed by atoms with Crippen LogP contribution in [0.15, 0.2) is 12.1 Å². The first kappa shape index (κ1) is 26.4. The maximum Gasteiger partial charge on any atom is 0.261 e. The third kappa shape index (κ3) is 4.67. The number of nitrogens with zero attached hydrogens (tertiary/aromatic N) is 7. The van der Waals surface area contributed by atoms with Crippen molar-refractivity contribution < 1.29 is 18.6 Å². The predicted molar refractivity (Wildman–Crippen MR) is 153 cm³/mol. The van der Waals surface area contributed by atoms with Gasteiger partial charge in [-0.2, -0.15) is 5.10 Å². The van der Waals surface area contributed by atoms with Gasteiger partial charge in [0, 0.05) is 19.5 Å². The lowest BCUT2D eigenvalue weighted by atomic mass is 10.00. The normalized spacial score (nSPS) is 19.5. The van der Waals surface area contributed by atoms with Gasteiger partial charge in [0.25, 0.3) is 5.91 Å². The summed E-state index contributed by atoms with van der Waals surface area (Å²) in [5, 5.41) is 6.57. The number of imidazole rings is 1. The lowest BCUT2D eigenvalue weighted by molar-refractivity contribution is -0.135. The molecule has 4 aromatic rings. The van der Waals surface area contributed by atoms with Crippen LogP contribution in [0.1, 0.15) is 57.1 Å². The molecule has 1 atom stereocenters. The van der Waals surface area contributed by atoms with Crippen LogP contribution in [0.4, 0.5) is 5.82 Å². The largest absolute Gasteiger partial charge is 0.482 e. The lowest BCUT2D eigenvalue weighted by Crippen LogP contribution is -2.43. The molecule has 11 nitrogen and oxygen atoms in total. The minimum absolute atomic E-state index is 0.141. The van der Waals surface area contributed by atoms with E-state index in [9.17, 15) is 13.9 Å². The molecule has 6 heterocycles. The zero-order chi connectivity index (χ0) is 27.5. The molecule has 0 spiro atoms. The van der Waals surface area contributed by atoms with Gasteiger partial charge in [-0.3, -0.25) is 18.2 Å². The van der Waals surface area contributed by atoms with Gasteiger partial charge in [-0.15, -0.1) is 22.1 Å². The summed E-state index contributed by atoms with van der Waals surface area (Å²) < 4.78 is 30.2. The second-order valence-corrected chi connectivity index (χ2v) is 14.2. The summed E-state index contributed by atoms with van der Waals surface area (Å²) in [6.07, 6.45) is 1.93. The van der Waals surface area contributed by atoms with E-state index in [1.165, 1.54) is 0 Å². The number of rotatable bonds is 6. The highest BCUT2D eigenvalue weighted by molar-refractivity contribution is 8.25. The second kappa shape index (κ2) is 10.0. The topological polar surface area (TPSA) is 129 Å². The Kier molecular flexibility index (Phi) is 6.78. The van der Waals surface area contributed by atoms with Crippen LogP contribution in [0.3, 0.4) is 0 Å². The first-order valence-electron chi connectivity index (χ1n) is 12.9. The minimum Gasteiger partial charge on any atom is -0.482 e. The van der Waals surface area contributed by atoms with Crippen LogP contribution >= 0.6 is 33.4 Å². The Balaban J connectivity index is 1.28. The quantitative estimate of drug-likeness (QED) is 0.333. The van der Waals surface area contributed by atoms with Crippen LogP contribution in [0.5, 0.6) is 5.75 Å². The average molecular weight is 590 g/mol. The molecule has 14 heteroatoms. The Bertz CT molecular complexity index is 1560. The van der Waals surface area contributed by atoms with E-state index in [-0.39, 0.29) is 18.6 Å². The first-order valence-corrected chi connectivity index (χ1v) is 16.2. The van der Waals surface area contributed by atoms with Crippen molar-refractivity contribution in [2.75, 3.05) is 29.8 Å². The first-order chi connectivity index (χ1) is 18.7. The summed E-state index contributed by atoms with van der Waals surface area (Å²) in [7, 11) is -2.83. The van der Waals surface area contributed by atoms with E-state index in [0.29, 0.717) is 55.4 Å². The number of amides is 1. The van der Waals surface area contributed by atoms with E-state index in [0.717, 1.165) is 36.9 Å². The van der Waals surface area contributed by atoms with E-state index in [1.807, 2.05) is 37.1 Å². The van der Waals surface area contributed by atoms with Gasteiger partial charge in [-0.1, -0.05) is 18.3 Å². The standard InChI is InChI=1S/C25H31N7O4S3/c1-5-17-19(7-8-20(27-17)31-10-6-12-39(31,34)35)36-13-21(33)30-11-9-18-22(32-25(28-18)38-16(4)29-32)23(30)24-14(2)26-15(3)37-24/h7-8,23,34-35H,5-6,9-13H2,1-4H3/t23-/m1/s1. The minimum atomic E-state index is -2.83. The summed E-state index contributed by atoms with van der Waals surface area (Å²) in [5.41, 5.74) is 3.46. The molecule has 0 saturated carbocycles. The number of carbonyl (C=O) groups excluding carboxylic acids is 1. The fraction of sp³-hybridized carbons (Fsp3) is 0.480. The molecular weight excluding hydrogens is 559 g/mol. The van der Waals surface area contributed by atoms with Crippen LogP contribution < -0.4 is 9.04 Å². The molecule has 1 saturated heterocycles. The third-order valence-electron chi connectivity index (χ3n) is 7.08. The Morgan fingerprint density at radius 1 is 1.13 bits per heavy atom. The molecule has 2 aliphatic rings. The molecule has 2 N–H and O–H groups in total. The number of hydrogen-bond donors (Lipinski definition) is 2. The second-order valence-electron chi connectivity index (χ2n) is 9.73. The summed E-state index contributed by atoms with van der Waals surface area (Å²) in [5.74, 6) is 1.25. The van der Waals surface area contributed by atoms with Crippen molar-refractivity contribution in [2.45, 2.75) is 53.0 Å². The number of pyridine rings is 1. The highest BCUT2D eigenvalue weighted by Crippen LogP contribution is 2.50. The number of hydrogen-bond acceptors (Lipinski definition) is 11. The van der Waals surface area contributed by atoms with Crippen molar-refractivity contribution in [2.24, 2.45) is 0 Å². The number of aromatic nitrogens is 5. The molecule has 4 aromatic heterocycles. The summed E-state index contributed by atoms with van der Waals surface area (Å²) in [6, 6.07) is 3.15. The molecule has 1 amide bonds. The Morgan fingerprint density at radius 3 is 2.64 bits per heavy atom. The molecule has 6 rings (SSSR count). The van der Waals surface area contributed by atoms with Gasteiger partial charge in [0.05, 0.1) is 38.4 Å². The Hall–Kier alpha value is -2.78. The fourth-order valence-electron chi connectivity index (χ4n) is 5.34. The molecule has 0 unspecified atom stereocenters. The smallest absolute Gasteiger partial charge is 0.261 e. The van der Waals surface area contributed by atoms with Crippen molar-refractivity contribution in [3.8, 4) is 5.75 Å². The molecule has 2 aliphatic heterocycles. The van der Waals surface area contributed by atoms with Crippen molar-refractivity contribution >= 4 is 50.1 Å². The highest BCUT2D eigenvalue weighted by Gasteiger charge is 2.39. The summed E-state index contributed by atoms with van der Waals surface area (Å²) >= 11 is 3.14. The van der Waals surface area contributed by atoms with Gasteiger partial charge in [0.2, 0.25) is 4.96 Å². The van der Waals surface area contributed by atoms with E-state index in [4.69, 9.17) is 14.8 Å². The number of ether oxygens (including phenoxy) is 1. The SMILES string of the molecule is CCc1nc(N2CCCS2(O)O)ccc1OCC(=O)N1CCc2nc3sc(C)nn3c2[C@@H]1c1sc(C)nc1C. The lowest BCUT2D eigenvalue weighted by Gasteiger charge is -2.37. The molecule has 1 fully saturated rings. The van der Waals surface area contributed by atoms with E-state index in [1.54, 1.807) is 39.1 Å². The van der Waals surface area contributed by atoms with Crippen LogP contribution in [0.25, 0.3) is 4.96 Å². The Morgan fingerprint density at radius 2 is 1.95 bits per heavy atom. The predicted octanol–water partition coefficient (Wildman–Crippen LogP) is 4.56. The average Bonchev–Trinajstić information content (AvgIpc) is 3.63. The zero-order valence-electron chi connectivity index (χ0n) is 22.2. The molecule has 39 heavy (non-hydrogen) atoms. The van der Waals surface area contributed by atoms with Crippen molar-refractivity contribution in [1.82, 2.24) is 29.5 Å². The highest BCUT2D eigenvalue weighted by atomic mass is 32.3. The van der Waals surface area contributed by atoms with Crippen molar-refractivity contribution in [1.29, 1.82) is 0 Å². The van der Waals surface area contributed by atoms with Gasteiger partial charge in [0.15, 0.2) is 6.61 Å². The maximum atomic E-state index is 13.8. The zero-order valence-corrected chi connectivity index (χ0v) is 24.7. The number of carbonyl (C=O) groups is 1. The van der Waals surface area contributed by atoms with Crippen LogP contribution in [-0.4, -0.2) is 69.9 Å². The molecule has 0 aliphatic carbocycles. The van der Waals surface area contributed by atoms with Gasteiger partial charge >= 0.3 is 0 Å². The van der Waals surface area contributed by atoms with Crippen LogP contribution in [0, 0.1) is 20.8 Å². The van der Waals surface area contributed by atoms with Crippen molar-refractivity contribution in [3.63, 3.8) is 0 Å². The van der Waals surface area contributed by atoms with Gasteiger partial charge in [-0.25, -0.2) is 19.5 Å². The van der Waals surface area contributed by atoms with Gasteiger partial charge < -0.3 is 9.64 Å². The van der Waals surface area contributed by atoms with Gasteiger partial charge in [-0.05, 0) is 45.7 Å². The van der Waals surface area contributed by atoms with Gasteiger partial charge in [0.1, 0.15) is 22.6 Å². The van der Waals surface area contributed by atoms with Crippen LogP contribution in [0.2, 0.25) is 0 Å². The van der Waals surface area contributed by atoms with E-state index < -0.39 is 10.8 Å². The monoisotopic (exact) mass is 589 g/mol. The molecule has 0 bridgehead atoms. The number of anilines is 1. The fourth-order valence-corrected chi connectivity index (χ4v) is 8.72. The Labute approximate surface area is 236 Å². The van der Waals surface area contributed by atoms with E-state index in [2.05, 4.69) is 9.97 Å². The van der Waals surface area contributed by atoms with Crippen molar-refractivity contribution in [3.05, 3.63) is 49.8 Å². The molecule has 0 aromatic carbocycles.